The molecule has 0 aliphatic heterocycles. The fourth-order valence-electron chi connectivity index (χ4n) is 1.55. The van der Waals surface area contributed by atoms with E-state index in [1.54, 1.807) is 4.68 Å². The SMILES string of the molecule is CCCc1cc(=O)[nH]c(-c2ccn(C)n2)n1. The number of hydrogen-bond donors (Lipinski definition) is 1. The Morgan fingerprint density at radius 3 is 2.94 bits per heavy atom. The molecule has 0 aliphatic carbocycles. The van der Waals surface area contributed by atoms with E-state index in [0.29, 0.717) is 11.5 Å². The lowest BCUT2D eigenvalue weighted by Crippen LogP contribution is -2.10. The first-order chi connectivity index (χ1) is 7.69. The van der Waals surface area contributed by atoms with E-state index in [2.05, 4.69) is 22.0 Å². The maximum absolute atomic E-state index is 11.4. The first kappa shape index (κ1) is 10.6. The highest BCUT2D eigenvalue weighted by atomic mass is 16.1. The van der Waals surface area contributed by atoms with Gasteiger partial charge in [0.25, 0.3) is 5.56 Å². The maximum Gasteiger partial charge on any atom is 0.251 e. The lowest BCUT2D eigenvalue weighted by atomic mass is 10.2. The van der Waals surface area contributed by atoms with Crippen molar-refractivity contribution in [2.75, 3.05) is 0 Å². The van der Waals surface area contributed by atoms with E-state index in [9.17, 15) is 4.79 Å². The molecule has 0 fully saturated rings. The van der Waals surface area contributed by atoms with Gasteiger partial charge >= 0.3 is 0 Å². The second-order valence-electron chi connectivity index (χ2n) is 3.71. The number of hydrogen-bond acceptors (Lipinski definition) is 3. The van der Waals surface area contributed by atoms with Gasteiger partial charge in [-0.05, 0) is 12.5 Å². The molecule has 5 heteroatoms. The van der Waals surface area contributed by atoms with Crippen LogP contribution in [0.25, 0.3) is 11.5 Å². The fourth-order valence-corrected chi connectivity index (χ4v) is 1.55. The molecule has 2 aromatic rings. The summed E-state index contributed by atoms with van der Waals surface area (Å²) < 4.78 is 1.68. The summed E-state index contributed by atoms with van der Waals surface area (Å²) in [6.07, 6.45) is 3.60. The van der Waals surface area contributed by atoms with Crippen LogP contribution in [0.5, 0.6) is 0 Å². The van der Waals surface area contributed by atoms with Gasteiger partial charge in [-0.3, -0.25) is 9.48 Å². The Bertz CT molecular complexity index is 541. The van der Waals surface area contributed by atoms with Crippen LogP contribution < -0.4 is 5.56 Å². The standard InChI is InChI=1S/C11H14N4O/c1-3-4-8-7-10(16)13-11(12-8)9-5-6-15(2)14-9/h5-7H,3-4H2,1-2H3,(H,12,13,16). The molecule has 0 aromatic carbocycles. The zero-order chi connectivity index (χ0) is 11.5. The molecule has 0 unspecified atom stereocenters. The zero-order valence-electron chi connectivity index (χ0n) is 9.40. The summed E-state index contributed by atoms with van der Waals surface area (Å²) in [6.45, 7) is 2.06. The number of nitrogens with zero attached hydrogens (tertiary/aromatic N) is 3. The van der Waals surface area contributed by atoms with E-state index >= 15 is 0 Å². The van der Waals surface area contributed by atoms with E-state index in [1.807, 2.05) is 19.3 Å². The predicted molar refractivity (Wildman–Crippen MR) is 61.1 cm³/mol. The minimum atomic E-state index is -0.126. The topological polar surface area (TPSA) is 63.6 Å². The molecule has 0 spiro atoms. The molecule has 0 atom stereocenters. The first-order valence-electron chi connectivity index (χ1n) is 5.29. The first-order valence-corrected chi connectivity index (χ1v) is 5.29. The van der Waals surface area contributed by atoms with Crippen molar-refractivity contribution in [2.45, 2.75) is 19.8 Å². The number of H-pyrrole nitrogens is 1. The van der Waals surface area contributed by atoms with Gasteiger partial charge in [0.15, 0.2) is 5.82 Å². The number of rotatable bonds is 3. The number of nitrogens with one attached hydrogen (secondary N) is 1. The summed E-state index contributed by atoms with van der Waals surface area (Å²) in [5.74, 6) is 0.538. The highest BCUT2D eigenvalue weighted by Crippen LogP contribution is 2.10. The van der Waals surface area contributed by atoms with Crippen molar-refractivity contribution in [2.24, 2.45) is 7.05 Å². The second-order valence-corrected chi connectivity index (χ2v) is 3.71. The summed E-state index contributed by atoms with van der Waals surface area (Å²) in [5, 5.41) is 4.21. The van der Waals surface area contributed by atoms with E-state index in [1.165, 1.54) is 6.07 Å². The van der Waals surface area contributed by atoms with Crippen molar-refractivity contribution in [1.29, 1.82) is 0 Å². The molecule has 16 heavy (non-hydrogen) atoms. The molecule has 2 rings (SSSR count). The molecular weight excluding hydrogens is 204 g/mol. The molecule has 0 aliphatic rings. The quantitative estimate of drug-likeness (QED) is 0.839. The third kappa shape index (κ3) is 2.18. The summed E-state index contributed by atoms with van der Waals surface area (Å²) in [4.78, 5) is 18.5. The van der Waals surface area contributed by atoms with Crippen LogP contribution in [0.1, 0.15) is 19.0 Å². The Morgan fingerprint density at radius 2 is 2.31 bits per heavy atom. The Labute approximate surface area is 93.2 Å². The Balaban J connectivity index is 2.44. The van der Waals surface area contributed by atoms with Gasteiger partial charge in [-0.25, -0.2) is 4.98 Å². The smallest absolute Gasteiger partial charge is 0.251 e. The molecule has 0 radical (unpaired) electrons. The van der Waals surface area contributed by atoms with Gasteiger partial charge in [0.1, 0.15) is 5.69 Å². The van der Waals surface area contributed by atoms with E-state index < -0.39 is 0 Å². The van der Waals surface area contributed by atoms with E-state index in [4.69, 9.17) is 0 Å². The van der Waals surface area contributed by atoms with Crippen LogP contribution in [0.15, 0.2) is 23.1 Å². The molecule has 84 valence electrons. The largest absolute Gasteiger partial charge is 0.305 e. The van der Waals surface area contributed by atoms with E-state index in [0.717, 1.165) is 18.5 Å². The third-order valence-electron chi connectivity index (χ3n) is 2.26. The summed E-state index contributed by atoms with van der Waals surface area (Å²) in [7, 11) is 1.83. The molecule has 1 N–H and O–H groups in total. The van der Waals surface area contributed by atoms with Crippen LogP contribution in [-0.4, -0.2) is 19.7 Å². The minimum absolute atomic E-state index is 0.126. The lowest BCUT2D eigenvalue weighted by molar-refractivity contribution is 0.767. The van der Waals surface area contributed by atoms with Crippen LogP contribution in [0.2, 0.25) is 0 Å². The van der Waals surface area contributed by atoms with Gasteiger partial charge in [0.05, 0.1) is 0 Å². The highest BCUT2D eigenvalue weighted by Gasteiger charge is 2.05. The van der Waals surface area contributed by atoms with Crippen LogP contribution in [0.4, 0.5) is 0 Å². The minimum Gasteiger partial charge on any atom is -0.305 e. The van der Waals surface area contributed by atoms with Crippen molar-refractivity contribution in [3.63, 3.8) is 0 Å². The lowest BCUT2D eigenvalue weighted by Gasteiger charge is -2.00. The van der Waals surface area contributed by atoms with E-state index in [-0.39, 0.29) is 5.56 Å². The maximum atomic E-state index is 11.4. The van der Waals surface area contributed by atoms with Gasteiger partial charge in [-0.1, -0.05) is 13.3 Å². The average Bonchev–Trinajstić information content (AvgIpc) is 2.64. The van der Waals surface area contributed by atoms with Gasteiger partial charge in [0.2, 0.25) is 0 Å². The van der Waals surface area contributed by atoms with Crippen molar-refractivity contribution in [3.05, 3.63) is 34.4 Å². The predicted octanol–water partition coefficient (Wildman–Crippen LogP) is 1.12. The van der Waals surface area contributed by atoms with Gasteiger partial charge in [0, 0.05) is 25.0 Å². The van der Waals surface area contributed by atoms with Crippen molar-refractivity contribution in [3.8, 4) is 11.5 Å². The Kier molecular flexibility index (Phi) is 2.85. The molecule has 0 amide bonds. The molecule has 0 saturated heterocycles. The molecule has 0 saturated carbocycles. The molecule has 2 heterocycles. The molecule has 0 bridgehead atoms. The molecule has 5 nitrogen and oxygen atoms in total. The number of aryl methyl sites for hydroxylation is 2. The van der Waals surface area contributed by atoms with Crippen molar-refractivity contribution < 1.29 is 0 Å². The third-order valence-corrected chi connectivity index (χ3v) is 2.26. The normalized spacial score (nSPS) is 10.6. The zero-order valence-corrected chi connectivity index (χ0v) is 9.40. The van der Waals surface area contributed by atoms with Crippen LogP contribution in [0.3, 0.4) is 0 Å². The number of aromatic nitrogens is 4. The monoisotopic (exact) mass is 218 g/mol. The summed E-state index contributed by atoms with van der Waals surface area (Å²) >= 11 is 0. The van der Waals surface area contributed by atoms with Gasteiger partial charge in [-0.2, -0.15) is 5.10 Å². The van der Waals surface area contributed by atoms with Crippen LogP contribution >= 0.6 is 0 Å². The summed E-state index contributed by atoms with van der Waals surface area (Å²) in [6, 6.07) is 3.37. The Morgan fingerprint density at radius 1 is 1.50 bits per heavy atom. The highest BCUT2D eigenvalue weighted by molar-refractivity contribution is 5.47. The summed E-state index contributed by atoms with van der Waals surface area (Å²) in [5.41, 5.74) is 1.38. The van der Waals surface area contributed by atoms with Crippen molar-refractivity contribution in [1.82, 2.24) is 19.7 Å². The van der Waals surface area contributed by atoms with Gasteiger partial charge in [-0.15, -0.1) is 0 Å². The van der Waals surface area contributed by atoms with Crippen LogP contribution in [-0.2, 0) is 13.5 Å². The van der Waals surface area contributed by atoms with Gasteiger partial charge < -0.3 is 4.98 Å². The second kappa shape index (κ2) is 4.30. The molecular formula is C11H14N4O. The van der Waals surface area contributed by atoms with Crippen molar-refractivity contribution >= 4 is 0 Å². The number of aromatic amines is 1. The average molecular weight is 218 g/mol. The molecule has 2 aromatic heterocycles. The Hall–Kier alpha value is -1.91. The fraction of sp³-hybridized carbons (Fsp3) is 0.364. The van der Waals surface area contributed by atoms with Crippen LogP contribution in [0, 0.1) is 0 Å².